The standard InChI is InChI=1S/C15H18FN3/c1-10-6-12(9-19(10)13-3-4-13)18-15-5-2-11(8-17)7-14(15)16/h2,5,7,10,12-13,18H,3-4,6,9H2,1H3. The Balaban J connectivity index is 1.67. The Morgan fingerprint density at radius 2 is 2.21 bits per heavy atom. The number of likely N-dealkylation sites (tertiary alicyclic amines) is 1. The Morgan fingerprint density at radius 1 is 1.42 bits per heavy atom. The fourth-order valence-corrected chi connectivity index (χ4v) is 3.00. The number of halogens is 1. The van der Waals surface area contributed by atoms with Crippen molar-refractivity contribution < 1.29 is 4.39 Å². The number of nitrogens with one attached hydrogen (secondary N) is 1. The van der Waals surface area contributed by atoms with Crippen LogP contribution in [-0.2, 0) is 0 Å². The first-order chi connectivity index (χ1) is 9.17. The molecule has 1 aromatic carbocycles. The quantitative estimate of drug-likeness (QED) is 0.907. The fourth-order valence-electron chi connectivity index (χ4n) is 3.00. The van der Waals surface area contributed by atoms with Crippen molar-refractivity contribution in [2.75, 3.05) is 11.9 Å². The third kappa shape index (κ3) is 2.57. The highest BCUT2D eigenvalue weighted by molar-refractivity contribution is 5.49. The zero-order chi connectivity index (χ0) is 13.4. The monoisotopic (exact) mass is 259 g/mol. The van der Waals surface area contributed by atoms with E-state index in [0.717, 1.165) is 19.0 Å². The lowest BCUT2D eigenvalue weighted by Crippen LogP contribution is -2.31. The molecule has 0 spiro atoms. The maximum absolute atomic E-state index is 13.8. The molecule has 2 aliphatic rings. The number of benzene rings is 1. The number of nitrogens with zero attached hydrogens (tertiary/aromatic N) is 2. The number of rotatable bonds is 3. The van der Waals surface area contributed by atoms with Gasteiger partial charge in [0, 0.05) is 24.7 Å². The molecular formula is C15H18FN3. The molecule has 0 radical (unpaired) electrons. The van der Waals surface area contributed by atoms with E-state index in [1.165, 1.54) is 18.9 Å². The van der Waals surface area contributed by atoms with Crippen LogP contribution in [0.1, 0.15) is 31.7 Å². The van der Waals surface area contributed by atoms with Crippen molar-refractivity contribution in [1.82, 2.24) is 4.90 Å². The van der Waals surface area contributed by atoms with Crippen molar-refractivity contribution >= 4 is 5.69 Å². The molecule has 3 nitrogen and oxygen atoms in total. The summed E-state index contributed by atoms with van der Waals surface area (Å²) in [6, 6.07) is 8.20. The van der Waals surface area contributed by atoms with Gasteiger partial charge < -0.3 is 5.32 Å². The maximum atomic E-state index is 13.8. The molecule has 2 atom stereocenters. The molecule has 100 valence electrons. The van der Waals surface area contributed by atoms with Gasteiger partial charge in [0.05, 0.1) is 17.3 Å². The van der Waals surface area contributed by atoms with E-state index in [1.807, 2.05) is 6.07 Å². The van der Waals surface area contributed by atoms with Crippen molar-refractivity contribution in [2.45, 2.75) is 44.3 Å². The van der Waals surface area contributed by atoms with Gasteiger partial charge >= 0.3 is 0 Å². The molecule has 1 aliphatic heterocycles. The zero-order valence-corrected chi connectivity index (χ0v) is 11.1. The van der Waals surface area contributed by atoms with E-state index in [9.17, 15) is 4.39 Å². The topological polar surface area (TPSA) is 39.1 Å². The van der Waals surface area contributed by atoms with Crippen molar-refractivity contribution in [3.8, 4) is 6.07 Å². The highest BCUT2D eigenvalue weighted by Gasteiger charge is 2.38. The first kappa shape index (κ1) is 12.4. The summed E-state index contributed by atoms with van der Waals surface area (Å²) >= 11 is 0. The summed E-state index contributed by atoms with van der Waals surface area (Å²) in [5.41, 5.74) is 0.872. The third-order valence-electron chi connectivity index (χ3n) is 4.10. The van der Waals surface area contributed by atoms with Crippen LogP contribution in [0.3, 0.4) is 0 Å². The summed E-state index contributed by atoms with van der Waals surface area (Å²) in [4.78, 5) is 2.53. The highest BCUT2D eigenvalue weighted by atomic mass is 19.1. The second-order valence-electron chi connectivity index (χ2n) is 5.66. The summed E-state index contributed by atoms with van der Waals surface area (Å²) in [5, 5.41) is 12.0. The molecule has 1 N–H and O–H groups in total. The minimum atomic E-state index is -0.337. The first-order valence-corrected chi connectivity index (χ1v) is 6.89. The molecule has 3 rings (SSSR count). The van der Waals surface area contributed by atoms with Crippen LogP contribution in [0.2, 0.25) is 0 Å². The predicted octanol–water partition coefficient (Wildman–Crippen LogP) is 2.73. The molecule has 0 bridgehead atoms. The van der Waals surface area contributed by atoms with Crippen molar-refractivity contribution in [3.63, 3.8) is 0 Å². The molecule has 1 saturated heterocycles. The molecule has 1 saturated carbocycles. The first-order valence-electron chi connectivity index (χ1n) is 6.89. The SMILES string of the molecule is CC1CC(Nc2ccc(C#N)cc2F)CN1C1CC1. The average molecular weight is 259 g/mol. The van der Waals surface area contributed by atoms with Gasteiger partial charge in [0.1, 0.15) is 5.82 Å². The predicted molar refractivity (Wildman–Crippen MR) is 72.3 cm³/mol. The van der Waals surface area contributed by atoms with Gasteiger partial charge in [0.15, 0.2) is 0 Å². The Labute approximate surface area is 113 Å². The van der Waals surface area contributed by atoms with Crippen LogP contribution in [0.25, 0.3) is 0 Å². The van der Waals surface area contributed by atoms with Crippen LogP contribution < -0.4 is 5.32 Å². The molecule has 1 aromatic rings. The van der Waals surface area contributed by atoms with Crippen molar-refractivity contribution in [3.05, 3.63) is 29.6 Å². The average Bonchev–Trinajstić information content (AvgIpc) is 3.17. The number of nitriles is 1. The van der Waals surface area contributed by atoms with Gasteiger partial charge in [-0.2, -0.15) is 5.26 Å². The Morgan fingerprint density at radius 3 is 2.84 bits per heavy atom. The minimum absolute atomic E-state index is 0.304. The highest BCUT2D eigenvalue weighted by Crippen LogP contribution is 2.34. The van der Waals surface area contributed by atoms with Gasteiger partial charge in [-0.1, -0.05) is 0 Å². The van der Waals surface area contributed by atoms with Crippen LogP contribution in [0.15, 0.2) is 18.2 Å². The van der Waals surface area contributed by atoms with Gasteiger partial charge in [-0.25, -0.2) is 4.39 Å². The van der Waals surface area contributed by atoms with E-state index < -0.39 is 0 Å². The van der Waals surface area contributed by atoms with Crippen LogP contribution in [0, 0.1) is 17.1 Å². The molecule has 2 fully saturated rings. The summed E-state index contributed by atoms with van der Waals surface area (Å²) in [6.07, 6.45) is 3.67. The maximum Gasteiger partial charge on any atom is 0.147 e. The Hall–Kier alpha value is -1.60. The fraction of sp³-hybridized carbons (Fsp3) is 0.533. The summed E-state index contributed by atoms with van der Waals surface area (Å²) in [5.74, 6) is -0.337. The van der Waals surface area contributed by atoms with E-state index >= 15 is 0 Å². The number of hydrogen-bond acceptors (Lipinski definition) is 3. The van der Waals surface area contributed by atoms with Crippen LogP contribution in [0.5, 0.6) is 0 Å². The third-order valence-corrected chi connectivity index (χ3v) is 4.10. The molecule has 0 amide bonds. The number of hydrogen-bond donors (Lipinski definition) is 1. The van der Waals surface area contributed by atoms with E-state index in [0.29, 0.717) is 23.3 Å². The lowest BCUT2D eigenvalue weighted by atomic mass is 10.1. The molecule has 19 heavy (non-hydrogen) atoms. The second kappa shape index (κ2) is 4.82. The lowest BCUT2D eigenvalue weighted by molar-refractivity contribution is 0.257. The van der Waals surface area contributed by atoms with Crippen molar-refractivity contribution in [1.29, 1.82) is 5.26 Å². The van der Waals surface area contributed by atoms with Gasteiger partial charge in [-0.15, -0.1) is 0 Å². The van der Waals surface area contributed by atoms with Gasteiger partial charge in [-0.3, -0.25) is 4.90 Å². The molecular weight excluding hydrogens is 241 g/mol. The molecule has 4 heteroatoms. The van der Waals surface area contributed by atoms with Crippen LogP contribution in [-0.4, -0.2) is 29.6 Å². The normalized spacial score (nSPS) is 27.2. The summed E-state index contributed by atoms with van der Waals surface area (Å²) in [6.45, 7) is 3.24. The summed E-state index contributed by atoms with van der Waals surface area (Å²) in [7, 11) is 0. The largest absolute Gasteiger partial charge is 0.379 e. The number of anilines is 1. The smallest absolute Gasteiger partial charge is 0.147 e. The Kier molecular flexibility index (Phi) is 3.16. The Bertz CT molecular complexity index is 519. The molecule has 1 heterocycles. The molecule has 2 unspecified atom stereocenters. The molecule has 1 aliphatic carbocycles. The van der Waals surface area contributed by atoms with Gasteiger partial charge in [0.2, 0.25) is 0 Å². The van der Waals surface area contributed by atoms with E-state index in [4.69, 9.17) is 5.26 Å². The zero-order valence-electron chi connectivity index (χ0n) is 11.1. The van der Waals surface area contributed by atoms with Crippen LogP contribution in [0.4, 0.5) is 10.1 Å². The van der Waals surface area contributed by atoms with E-state index in [-0.39, 0.29) is 5.82 Å². The van der Waals surface area contributed by atoms with Gasteiger partial charge in [0.25, 0.3) is 0 Å². The van der Waals surface area contributed by atoms with E-state index in [1.54, 1.807) is 12.1 Å². The molecule has 0 aromatic heterocycles. The second-order valence-corrected chi connectivity index (χ2v) is 5.66. The lowest BCUT2D eigenvalue weighted by Gasteiger charge is -2.20. The van der Waals surface area contributed by atoms with Gasteiger partial charge in [-0.05, 0) is 44.4 Å². The van der Waals surface area contributed by atoms with E-state index in [2.05, 4.69) is 17.1 Å². The van der Waals surface area contributed by atoms with Crippen molar-refractivity contribution in [2.24, 2.45) is 0 Å². The van der Waals surface area contributed by atoms with Crippen LogP contribution >= 0.6 is 0 Å². The minimum Gasteiger partial charge on any atom is -0.379 e. The summed E-state index contributed by atoms with van der Waals surface area (Å²) < 4.78 is 13.8.